The third kappa shape index (κ3) is 5.37. The molecule has 0 heterocycles. The van der Waals surface area contributed by atoms with Gasteiger partial charge in [0.05, 0.1) is 13.3 Å². The molecular weight excluding hydrogens is 367 g/mol. The molecule has 0 saturated heterocycles. The number of hydrazone groups is 1. The second-order valence-corrected chi connectivity index (χ2v) is 5.34. The number of nitrogens with zero attached hydrogens (tertiary/aromatic N) is 1. The standard InChI is InChI=1S/C16H14BrFN2O3/c1-22-13-3-5-14(6-4-13)23-10-16(21)20-19-9-11-8-12(17)2-7-15(11)18/h2-9H,10H2,1H3,(H,20,21)/b19-9+. The van der Waals surface area contributed by atoms with Crippen LogP contribution in [0.15, 0.2) is 52.0 Å². The highest BCUT2D eigenvalue weighted by Crippen LogP contribution is 2.16. The summed E-state index contributed by atoms with van der Waals surface area (Å²) in [7, 11) is 1.56. The summed E-state index contributed by atoms with van der Waals surface area (Å²) in [6.45, 7) is -0.204. The van der Waals surface area contributed by atoms with Crippen molar-refractivity contribution in [3.05, 3.63) is 58.3 Å². The Balaban J connectivity index is 1.82. The Hall–Kier alpha value is -2.41. The van der Waals surface area contributed by atoms with Gasteiger partial charge in [0.2, 0.25) is 0 Å². The number of methoxy groups -OCH3 is 1. The van der Waals surface area contributed by atoms with Crippen LogP contribution in [-0.4, -0.2) is 25.8 Å². The van der Waals surface area contributed by atoms with E-state index in [-0.39, 0.29) is 12.2 Å². The fraction of sp³-hybridized carbons (Fsp3) is 0.125. The number of hydrogen-bond acceptors (Lipinski definition) is 4. The van der Waals surface area contributed by atoms with Crippen LogP contribution in [0.25, 0.3) is 0 Å². The van der Waals surface area contributed by atoms with Crippen LogP contribution in [0.2, 0.25) is 0 Å². The highest BCUT2D eigenvalue weighted by Gasteiger charge is 2.03. The predicted molar refractivity (Wildman–Crippen MR) is 88.3 cm³/mol. The molecule has 2 rings (SSSR count). The zero-order chi connectivity index (χ0) is 16.7. The van der Waals surface area contributed by atoms with Crippen molar-refractivity contribution in [3.63, 3.8) is 0 Å². The molecule has 2 aromatic carbocycles. The molecule has 5 nitrogen and oxygen atoms in total. The second-order valence-electron chi connectivity index (χ2n) is 4.42. The monoisotopic (exact) mass is 380 g/mol. The van der Waals surface area contributed by atoms with E-state index in [1.54, 1.807) is 43.5 Å². The van der Waals surface area contributed by atoms with Gasteiger partial charge in [-0.05, 0) is 42.5 Å². The summed E-state index contributed by atoms with van der Waals surface area (Å²) in [5, 5.41) is 3.70. The summed E-state index contributed by atoms with van der Waals surface area (Å²) in [6, 6.07) is 11.3. The van der Waals surface area contributed by atoms with Gasteiger partial charge in [-0.2, -0.15) is 5.10 Å². The molecule has 0 bridgehead atoms. The maximum absolute atomic E-state index is 13.5. The number of carbonyl (C=O) groups excluding carboxylic acids is 1. The van der Waals surface area contributed by atoms with Gasteiger partial charge in [-0.25, -0.2) is 9.82 Å². The largest absolute Gasteiger partial charge is 0.497 e. The minimum atomic E-state index is -0.451. The maximum Gasteiger partial charge on any atom is 0.277 e. The Morgan fingerprint density at radius 2 is 1.96 bits per heavy atom. The third-order valence-corrected chi connectivity index (χ3v) is 3.27. The van der Waals surface area contributed by atoms with Crippen molar-refractivity contribution in [3.8, 4) is 11.5 Å². The van der Waals surface area contributed by atoms with Gasteiger partial charge in [-0.3, -0.25) is 4.79 Å². The molecule has 0 fully saturated rings. The summed E-state index contributed by atoms with van der Waals surface area (Å²) < 4.78 is 24.5. The van der Waals surface area contributed by atoms with Gasteiger partial charge < -0.3 is 9.47 Å². The van der Waals surface area contributed by atoms with Gasteiger partial charge in [-0.1, -0.05) is 15.9 Å². The first-order chi connectivity index (χ1) is 11.1. The average Bonchev–Trinajstić information content (AvgIpc) is 2.56. The van der Waals surface area contributed by atoms with E-state index in [1.165, 1.54) is 12.3 Å². The number of carbonyl (C=O) groups is 1. The van der Waals surface area contributed by atoms with Crippen LogP contribution in [-0.2, 0) is 4.79 Å². The zero-order valence-electron chi connectivity index (χ0n) is 12.3. The molecule has 1 amide bonds. The maximum atomic E-state index is 13.5. The number of nitrogens with one attached hydrogen (secondary N) is 1. The fourth-order valence-electron chi connectivity index (χ4n) is 1.64. The van der Waals surface area contributed by atoms with Crippen molar-refractivity contribution >= 4 is 28.1 Å². The molecule has 1 N–H and O–H groups in total. The Morgan fingerprint density at radius 3 is 2.65 bits per heavy atom. The Kier molecular flexibility index (Phi) is 6.10. The summed E-state index contributed by atoms with van der Waals surface area (Å²) in [5.74, 6) is 0.346. The van der Waals surface area contributed by atoms with Gasteiger partial charge >= 0.3 is 0 Å². The molecule has 0 saturated carbocycles. The lowest BCUT2D eigenvalue weighted by molar-refractivity contribution is -0.123. The van der Waals surface area contributed by atoms with Crippen LogP contribution >= 0.6 is 15.9 Å². The Bertz CT molecular complexity index is 705. The smallest absolute Gasteiger partial charge is 0.277 e. The van der Waals surface area contributed by atoms with Gasteiger partial charge in [0.25, 0.3) is 5.91 Å². The molecule has 0 atom stereocenters. The quantitative estimate of drug-likeness (QED) is 0.618. The summed E-state index contributed by atoms with van der Waals surface area (Å²) in [5.41, 5.74) is 2.53. The SMILES string of the molecule is COc1ccc(OCC(=O)N/N=C/c2cc(Br)ccc2F)cc1. The van der Waals surface area contributed by atoms with Gasteiger partial charge in [0.15, 0.2) is 6.61 Å². The molecule has 2 aromatic rings. The molecule has 0 unspecified atom stereocenters. The van der Waals surface area contributed by atoms with Crippen LogP contribution in [0.4, 0.5) is 4.39 Å². The molecule has 23 heavy (non-hydrogen) atoms. The van der Waals surface area contributed by atoms with E-state index in [2.05, 4.69) is 26.5 Å². The fourth-order valence-corrected chi connectivity index (χ4v) is 2.02. The molecule has 0 spiro atoms. The second kappa shape index (κ2) is 8.28. The first-order valence-corrected chi connectivity index (χ1v) is 7.41. The third-order valence-electron chi connectivity index (χ3n) is 2.78. The lowest BCUT2D eigenvalue weighted by Gasteiger charge is -2.06. The number of benzene rings is 2. The Morgan fingerprint density at radius 1 is 1.26 bits per heavy atom. The van der Waals surface area contributed by atoms with Crippen molar-refractivity contribution in [1.82, 2.24) is 5.43 Å². The van der Waals surface area contributed by atoms with Crippen molar-refractivity contribution in [2.75, 3.05) is 13.7 Å². The van der Waals surface area contributed by atoms with Gasteiger partial charge in [0.1, 0.15) is 17.3 Å². The highest BCUT2D eigenvalue weighted by atomic mass is 79.9. The highest BCUT2D eigenvalue weighted by molar-refractivity contribution is 9.10. The van der Waals surface area contributed by atoms with Crippen LogP contribution < -0.4 is 14.9 Å². The van der Waals surface area contributed by atoms with E-state index in [9.17, 15) is 9.18 Å². The molecule has 0 radical (unpaired) electrons. The minimum absolute atomic E-state index is 0.204. The molecule has 0 aromatic heterocycles. The zero-order valence-corrected chi connectivity index (χ0v) is 13.8. The Labute approximate surface area is 141 Å². The van der Waals surface area contributed by atoms with Crippen molar-refractivity contribution < 1.29 is 18.7 Å². The van der Waals surface area contributed by atoms with Crippen LogP contribution in [0.1, 0.15) is 5.56 Å². The number of rotatable bonds is 6. The average molecular weight is 381 g/mol. The normalized spacial score (nSPS) is 10.6. The molecule has 0 aliphatic heterocycles. The first-order valence-electron chi connectivity index (χ1n) is 6.62. The lowest BCUT2D eigenvalue weighted by Crippen LogP contribution is -2.24. The van der Waals surface area contributed by atoms with E-state index in [0.29, 0.717) is 11.5 Å². The van der Waals surface area contributed by atoms with E-state index >= 15 is 0 Å². The van der Waals surface area contributed by atoms with E-state index in [4.69, 9.17) is 9.47 Å². The number of ether oxygens (including phenoxy) is 2. The predicted octanol–water partition coefficient (Wildman–Crippen LogP) is 3.13. The van der Waals surface area contributed by atoms with E-state index in [1.807, 2.05) is 0 Å². The van der Waals surface area contributed by atoms with Crippen molar-refractivity contribution in [2.45, 2.75) is 0 Å². The molecule has 0 aliphatic carbocycles. The van der Waals surface area contributed by atoms with Gasteiger partial charge in [-0.15, -0.1) is 0 Å². The van der Waals surface area contributed by atoms with E-state index < -0.39 is 11.7 Å². The molecule has 120 valence electrons. The van der Waals surface area contributed by atoms with Gasteiger partial charge in [0, 0.05) is 10.0 Å². The summed E-state index contributed by atoms with van der Waals surface area (Å²) in [4.78, 5) is 11.6. The minimum Gasteiger partial charge on any atom is -0.497 e. The topological polar surface area (TPSA) is 59.9 Å². The van der Waals surface area contributed by atoms with Crippen molar-refractivity contribution in [1.29, 1.82) is 0 Å². The number of amides is 1. The van der Waals surface area contributed by atoms with Crippen molar-refractivity contribution in [2.24, 2.45) is 5.10 Å². The van der Waals surface area contributed by atoms with E-state index in [0.717, 1.165) is 4.47 Å². The van der Waals surface area contributed by atoms with Crippen LogP contribution in [0, 0.1) is 5.82 Å². The summed E-state index contributed by atoms with van der Waals surface area (Å²) >= 11 is 3.23. The molecule has 7 heteroatoms. The van der Waals surface area contributed by atoms with Crippen LogP contribution in [0.5, 0.6) is 11.5 Å². The lowest BCUT2D eigenvalue weighted by atomic mass is 10.2. The number of hydrogen-bond donors (Lipinski definition) is 1. The number of halogens is 2. The molecular formula is C16H14BrFN2O3. The first kappa shape index (κ1) is 17.0. The van der Waals surface area contributed by atoms with Crippen LogP contribution in [0.3, 0.4) is 0 Å². The molecule has 0 aliphatic rings. The summed E-state index contributed by atoms with van der Waals surface area (Å²) in [6.07, 6.45) is 1.23.